The summed E-state index contributed by atoms with van der Waals surface area (Å²) in [5.41, 5.74) is 6.41. The Balaban J connectivity index is 1.91. The van der Waals surface area contributed by atoms with Crippen LogP contribution in [0.1, 0.15) is 30.9 Å². The normalized spacial score (nSPS) is 16.8. The fourth-order valence-corrected chi connectivity index (χ4v) is 3.03. The van der Waals surface area contributed by atoms with Crippen LogP contribution < -0.4 is 0 Å². The first kappa shape index (κ1) is 14.7. The Morgan fingerprint density at radius 2 is 2.00 bits per heavy atom. The van der Waals surface area contributed by atoms with Gasteiger partial charge in [-0.3, -0.25) is 9.67 Å². The van der Waals surface area contributed by atoms with Gasteiger partial charge in [0.15, 0.2) is 0 Å². The van der Waals surface area contributed by atoms with Gasteiger partial charge >= 0.3 is 0 Å². The third-order valence-electron chi connectivity index (χ3n) is 4.35. The molecular formula is C20H19N3O. The first-order valence-corrected chi connectivity index (χ1v) is 8.17. The average Bonchev–Trinajstić information content (AvgIpc) is 2.98. The van der Waals surface area contributed by atoms with Gasteiger partial charge in [0.05, 0.1) is 23.9 Å². The van der Waals surface area contributed by atoms with E-state index >= 15 is 0 Å². The summed E-state index contributed by atoms with van der Waals surface area (Å²) in [6.07, 6.45) is 9.47. The summed E-state index contributed by atoms with van der Waals surface area (Å²) < 4.78 is 7.76. The first-order chi connectivity index (χ1) is 11.7. The minimum atomic E-state index is 0.719. The summed E-state index contributed by atoms with van der Waals surface area (Å²) in [6, 6.07) is 10.3. The number of benzene rings is 1. The van der Waals surface area contributed by atoms with Crippen molar-refractivity contribution in [2.75, 3.05) is 0 Å². The number of ether oxygens (including phenoxy) is 1. The van der Waals surface area contributed by atoms with Gasteiger partial charge in [-0.15, -0.1) is 0 Å². The monoisotopic (exact) mass is 317 g/mol. The van der Waals surface area contributed by atoms with E-state index in [2.05, 4.69) is 30.2 Å². The summed E-state index contributed by atoms with van der Waals surface area (Å²) in [7, 11) is 1.92. The highest BCUT2D eigenvalue weighted by Gasteiger charge is 2.23. The Kier molecular flexibility index (Phi) is 3.65. The molecule has 2 aliphatic heterocycles. The molecule has 0 amide bonds. The average molecular weight is 317 g/mol. The second-order valence-corrected chi connectivity index (χ2v) is 5.98. The van der Waals surface area contributed by atoms with E-state index in [4.69, 9.17) is 9.73 Å². The van der Waals surface area contributed by atoms with Crippen molar-refractivity contribution in [2.24, 2.45) is 12.0 Å². The molecule has 0 saturated carbocycles. The Hall–Kier alpha value is -2.88. The molecule has 4 nitrogen and oxygen atoms in total. The number of hydrogen-bond acceptors (Lipinski definition) is 3. The molecule has 1 aromatic heterocycles. The number of nitrogens with zero attached hydrogens (tertiary/aromatic N) is 3. The molecule has 0 fully saturated rings. The van der Waals surface area contributed by atoms with E-state index in [1.807, 2.05) is 48.6 Å². The highest BCUT2D eigenvalue weighted by molar-refractivity contribution is 6.07. The summed E-state index contributed by atoms with van der Waals surface area (Å²) in [5, 5.41) is 4.30. The second-order valence-electron chi connectivity index (χ2n) is 5.98. The Morgan fingerprint density at radius 3 is 2.71 bits per heavy atom. The van der Waals surface area contributed by atoms with Crippen LogP contribution in [-0.2, 0) is 11.8 Å². The van der Waals surface area contributed by atoms with Crippen LogP contribution in [0.15, 0.2) is 71.4 Å². The van der Waals surface area contributed by atoms with Crippen LogP contribution in [0.5, 0.6) is 0 Å². The number of hydrogen-bond donors (Lipinski definition) is 0. The fraction of sp³-hybridized carbons (Fsp3) is 0.200. The largest absolute Gasteiger partial charge is 0.468 e. The molecule has 2 aliphatic rings. The van der Waals surface area contributed by atoms with Crippen molar-refractivity contribution in [3.63, 3.8) is 0 Å². The number of fused-ring (bicyclic) bond motifs is 2. The highest BCUT2D eigenvalue weighted by Crippen LogP contribution is 2.35. The molecule has 0 radical (unpaired) electrons. The lowest BCUT2D eigenvalue weighted by molar-refractivity contribution is 0.338. The van der Waals surface area contributed by atoms with E-state index in [0.29, 0.717) is 0 Å². The van der Waals surface area contributed by atoms with Crippen molar-refractivity contribution < 1.29 is 4.74 Å². The van der Waals surface area contributed by atoms with E-state index in [1.54, 1.807) is 0 Å². The zero-order valence-corrected chi connectivity index (χ0v) is 13.9. The van der Waals surface area contributed by atoms with Gasteiger partial charge in [0.2, 0.25) is 0 Å². The van der Waals surface area contributed by atoms with Gasteiger partial charge in [0.25, 0.3) is 0 Å². The van der Waals surface area contributed by atoms with E-state index in [-0.39, 0.29) is 0 Å². The zero-order valence-electron chi connectivity index (χ0n) is 13.9. The summed E-state index contributed by atoms with van der Waals surface area (Å²) >= 11 is 0. The Labute approximate surface area is 141 Å². The van der Waals surface area contributed by atoms with Gasteiger partial charge in [0.1, 0.15) is 5.76 Å². The third kappa shape index (κ3) is 2.60. The van der Waals surface area contributed by atoms with Crippen molar-refractivity contribution in [1.82, 2.24) is 9.78 Å². The van der Waals surface area contributed by atoms with Crippen LogP contribution in [-0.4, -0.2) is 15.5 Å². The number of aliphatic imine (C=N–C) groups is 1. The molecule has 0 aliphatic carbocycles. The topological polar surface area (TPSA) is 39.4 Å². The maximum absolute atomic E-state index is 5.95. The molecule has 0 spiro atoms. The number of allylic oxidation sites excluding steroid dienone is 4. The minimum absolute atomic E-state index is 0.719. The maximum atomic E-state index is 5.95. The SMILES string of the molecule is CCC1=COC2=C(c3cnn(C)c3)C=C(c3ccccc3)N=C1C2. The van der Waals surface area contributed by atoms with E-state index in [9.17, 15) is 0 Å². The van der Waals surface area contributed by atoms with E-state index < -0.39 is 0 Å². The Bertz CT molecular complexity index is 898. The lowest BCUT2D eigenvalue weighted by Crippen LogP contribution is -2.11. The molecule has 4 heteroatoms. The molecule has 3 heterocycles. The zero-order chi connectivity index (χ0) is 16.5. The smallest absolute Gasteiger partial charge is 0.117 e. The lowest BCUT2D eigenvalue weighted by atomic mass is 9.99. The molecule has 0 atom stereocenters. The molecule has 120 valence electrons. The van der Waals surface area contributed by atoms with E-state index in [1.165, 1.54) is 0 Å². The lowest BCUT2D eigenvalue weighted by Gasteiger charge is -2.18. The van der Waals surface area contributed by atoms with Gasteiger partial charge in [-0.1, -0.05) is 37.3 Å². The minimum Gasteiger partial charge on any atom is -0.468 e. The molecule has 2 bridgehead atoms. The first-order valence-electron chi connectivity index (χ1n) is 8.17. The van der Waals surface area contributed by atoms with Crippen LogP contribution >= 0.6 is 0 Å². The molecule has 0 N–H and O–H groups in total. The van der Waals surface area contributed by atoms with Gasteiger partial charge in [-0.25, -0.2) is 0 Å². The predicted octanol–water partition coefficient (Wildman–Crippen LogP) is 4.34. The van der Waals surface area contributed by atoms with Gasteiger partial charge in [-0.05, 0) is 12.5 Å². The van der Waals surface area contributed by atoms with Crippen LogP contribution in [0.25, 0.3) is 11.3 Å². The summed E-state index contributed by atoms with van der Waals surface area (Å²) in [5.74, 6) is 0.935. The van der Waals surface area contributed by atoms with Crippen LogP contribution in [0.4, 0.5) is 0 Å². The molecular weight excluding hydrogens is 298 g/mol. The second kappa shape index (κ2) is 5.96. The molecule has 2 aromatic rings. The summed E-state index contributed by atoms with van der Waals surface area (Å²) in [4.78, 5) is 4.96. The number of aryl methyl sites for hydroxylation is 1. The molecule has 0 unspecified atom stereocenters. The molecule has 0 saturated heterocycles. The molecule has 24 heavy (non-hydrogen) atoms. The number of rotatable bonds is 3. The summed E-state index contributed by atoms with van der Waals surface area (Å²) in [6.45, 7) is 2.13. The van der Waals surface area contributed by atoms with Crippen LogP contribution in [0.2, 0.25) is 0 Å². The van der Waals surface area contributed by atoms with Gasteiger partial charge in [-0.2, -0.15) is 5.10 Å². The van der Waals surface area contributed by atoms with Crippen molar-refractivity contribution >= 4 is 17.0 Å². The molecule has 1 aromatic carbocycles. The molecule has 4 rings (SSSR count). The third-order valence-corrected chi connectivity index (χ3v) is 4.35. The fourth-order valence-electron chi connectivity index (χ4n) is 3.03. The standard InChI is InChI=1S/C20H19N3O/c1-3-14-13-24-20-10-19(14)22-18(15-7-5-4-6-8-15)9-17(20)16-11-21-23(2)12-16/h4-9,11-13H,3,10H2,1-2H3. The van der Waals surface area contributed by atoms with Crippen LogP contribution in [0.3, 0.4) is 0 Å². The quantitative estimate of drug-likeness (QED) is 0.844. The van der Waals surface area contributed by atoms with E-state index in [0.717, 1.165) is 52.3 Å². The van der Waals surface area contributed by atoms with Crippen molar-refractivity contribution in [3.8, 4) is 0 Å². The van der Waals surface area contributed by atoms with Gasteiger partial charge < -0.3 is 4.74 Å². The number of aromatic nitrogens is 2. The van der Waals surface area contributed by atoms with Crippen molar-refractivity contribution in [1.29, 1.82) is 0 Å². The van der Waals surface area contributed by atoms with Crippen LogP contribution in [0, 0.1) is 0 Å². The Morgan fingerprint density at radius 1 is 1.17 bits per heavy atom. The maximum Gasteiger partial charge on any atom is 0.117 e. The predicted molar refractivity (Wildman–Crippen MR) is 96.1 cm³/mol. The van der Waals surface area contributed by atoms with Gasteiger partial charge in [0, 0.05) is 41.9 Å². The van der Waals surface area contributed by atoms with Crippen molar-refractivity contribution in [3.05, 3.63) is 77.5 Å². The van der Waals surface area contributed by atoms with Crippen molar-refractivity contribution in [2.45, 2.75) is 19.8 Å². The highest BCUT2D eigenvalue weighted by atomic mass is 16.5.